The molecule has 0 heterocycles. The average molecular weight is 356 g/mol. The molecule has 0 aliphatic rings. The van der Waals surface area contributed by atoms with Gasteiger partial charge in [-0.3, -0.25) is 9.79 Å². The lowest BCUT2D eigenvalue weighted by Crippen LogP contribution is -2.55. The summed E-state index contributed by atoms with van der Waals surface area (Å²) >= 11 is 0. The van der Waals surface area contributed by atoms with Crippen LogP contribution >= 0.6 is 0 Å². The number of nitrogens with zero attached hydrogens (tertiary/aromatic N) is 1. The van der Waals surface area contributed by atoms with Crippen molar-refractivity contribution in [3.8, 4) is 0 Å². The van der Waals surface area contributed by atoms with Crippen LogP contribution in [0.25, 0.3) is 0 Å². The number of esters is 1. The van der Waals surface area contributed by atoms with E-state index in [9.17, 15) is 9.90 Å². The molecule has 0 spiro atoms. The lowest BCUT2D eigenvalue weighted by molar-refractivity contribution is -0.189. The molecule has 25 heavy (non-hydrogen) atoms. The number of allylic oxidation sites excluding steroid dienone is 1. The molecule has 0 aromatic heterocycles. The molecule has 0 radical (unpaired) electrons. The molecule has 0 aromatic carbocycles. The van der Waals surface area contributed by atoms with Gasteiger partial charge in [-0.2, -0.15) is 0 Å². The molecule has 0 aliphatic heterocycles. The molecule has 0 rings (SSSR count). The second kappa shape index (κ2) is 10.7. The van der Waals surface area contributed by atoms with Gasteiger partial charge in [-0.1, -0.05) is 39.3 Å². The predicted molar refractivity (Wildman–Crippen MR) is 103 cm³/mol. The fraction of sp³-hybridized carbons (Fsp3) is 0.800. The van der Waals surface area contributed by atoms with Gasteiger partial charge in [0.15, 0.2) is 0 Å². The van der Waals surface area contributed by atoms with E-state index in [-0.39, 0.29) is 17.8 Å². The highest BCUT2D eigenvalue weighted by atomic mass is 16.6. The Kier molecular flexibility index (Phi) is 10.2. The van der Waals surface area contributed by atoms with E-state index in [1.807, 2.05) is 40.7 Å². The minimum atomic E-state index is -1.32. The van der Waals surface area contributed by atoms with Crippen molar-refractivity contribution >= 4 is 11.7 Å². The summed E-state index contributed by atoms with van der Waals surface area (Å²) in [7, 11) is 1.57. The van der Waals surface area contributed by atoms with Crippen LogP contribution in [0.1, 0.15) is 61.8 Å². The number of carbonyl (C=O) groups excluding carboxylic acids is 1. The molecule has 1 N–H and O–H groups in total. The van der Waals surface area contributed by atoms with Crippen LogP contribution in [-0.4, -0.2) is 48.3 Å². The smallest absolute Gasteiger partial charge is 0.308 e. The molecule has 146 valence electrons. The van der Waals surface area contributed by atoms with Crippen LogP contribution in [0.3, 0.4) is 0 Å². The zero-order chi connectivity index (χ0) is 19.8. The highest BCUT2D eigenvalue weighted by molar-refractivity contribution is 5.85. The summed E-state index contributed by atoms with van der Waals surface area (Å²) in [4.78, 5) is 16.6. The highest BCUT2D eigenvalue weighted by Gasteiger charge is 2.45. The second-order valence-corrected chi connectivity index (χ2v) is 7.25. The van der Waals surface area contributed by atoms with E-state index in [1.54, 1.807) is 27.9 Å². The Balaban J connectivity index is 5.40. The van der Waals surface area contributed by atoms with E-state index >= 15 is 0 Å². The monoisotopic (exact) mass is 355 g/mol. The van der Waals surface area contributed by atoms with Crippen molar-refractivity contribution < 1.29 is 19.4 Å². The molecular weight excluding hydrogens is 318 g/mol. The molecule has 0 amide bonds. The zero-order valence-electron chi connectivity index (χ0n) is 17.4. The lowest BCUT2D eigenvalue weighted by Gasteiger charge is -2.40. The van der Waals surface area contributed by atoms with Gasteiger partial charge in [-0.25, -0.2) is 0 Å². The quantitative estimate of drug-likeness (QED) is 0.368. The average Bonchev–Trinajstić information content (AvgIpc) is 2.56. The largest absolute Gasteiger partial charge is 0.459 e. The molecule has 0 saturated carbocycles. The Morgan fingerprint density at radius 1 is 1.28 bits per heavy atom. The SMILES string of the molecule is CC=C(C)CN=C(C)C(C)C(OC)C(C)(O)C(CC)OC(=O)C(C)C. The second-order valence-electron chi connectivity index (χ2n) is 7.25. The highest BCUT2D eigenvalue weighted by Crippen LogP contribution is 2.29. The first-order valence-electron chi connectivity index (χ1n) is 9.11. The Labute approximate surface area is 153 Å². The van der Waals surface area contributed by atoms with Gasteiger partial charge < -0.3 is 14.6 Å². The Hall–Kier alpha value is -1.20. The molecule has 0 bridgehead atoms. The third-order valence-corrected chi connectivity index (χ3v) is 4.77. The topological polar surface area (TPSA) is 68.1 Å². The maximum absolute atomic E-state index is 12.0. The summed E-state index contributed by atoms with van der Waals surface area (Å²) in [5.74, 6) is -0.671. The van der Waals surface area contributed by atoms with E-state index in [4.69, 9.17) is 9.47 Å². The van der Waals surface area contributed by atoms with E-state index in [2.05, 4.69) is 4.99 Å². The van der Waals surface area contributed by atoms with Crippen LogP contribution in [-0.2, 0) is 14.3 Å². The first kappa shape index (κ1) is 23.8. The summed E-state index contributed by atoms with van der Waals surface area (Å²) in [6.07, 6.45) is 1.36. The van der Waals surface area contributed by atoms with Gasteiger partial charge in [0.05, 0.1) is 18.6 Å². The van der Waals surface area contributed by atoms with Crippen LogP contribution in [0, 0.1) is 11.8 Å². The fourth-order valence-electron chi connectivity index (χ4n) is 2.73. The van der Waals surface area contributed by atoms with Crippen molar-refractivity contribution in [1.82, 2.24) is 0 Å². The zero-order valence-corrected chi connectivity index (χ0v) is 17.4. The summed E-state index contributed by atoms with van der Waals surface area (Å²) in [5, 5.41) is 11.1. The summed E-state index contributed by atoms with van der Waals surface area (Å²) < 4.78 is 11.2. The number of methoxy groups -OCH3 is 1. The number of rotatable bonds is 10. The van der Waals surface area contributed by atoms with Crippen molar-refractivity contribution in [2.24, 2.45) is 16.8 Å². The Bertz CT molecular complexity index is 480. The number of hydrogen-bond acceptors (Lipinski definition) is 5. The molecule has 5 nitrogen and oxygen atoms in total. The summed E-state index contributed by atoms with van der Waals surface area (Å²) in [5.41, 5.74) is 0.766. The van der Waals surface area contributed by atoms with Crippen LogP contribution < -0.4 is 0 Å². The minimum absolute atomic E-state index is 0.114. The fourth-order valence-corrected chi connectivity index (χ4v) is 2.73. The molecule has 5 heteroatoms. The van der Waals surface area contributed by atoms with Crippen molar-refractivity contribution in [3.63, 3.8) is 0 Å². The summed E-state index contributed by atoms with van der Waals surface area (Å²) in [6, 6.07) is 0. The number of carbonyl (C=O) groups is 1. The van der Waals surface area contributed by atoms with E-state index < -0.39 is 17.8 Å². The minimum Gasteiger partial charge on any atom is -0.459 e. The number of aliphatic hydroxyl groups is 1. The van der Waals surface area contributed by atoms with Crippen LogP contribution in [0.2, 0.25) is 0 Å². The van der Waals surface area contributed by atoms with Gasteiger partial charge in [0, 0.05) is 18.7 Å². The first-order chi connectivity index (χ1) is 11.5. The molecule has 0 saturated heterocycles. The van der Waals surface area contributed by atoms with Crippen LogP contribution in [0.4, 0.5) is 0 Å². The van der Waals surface area contributed by atoms with Crippen LogP contribution in [0.5, 0.6) is 0 Å². The van der Waals surface area contributed by atoms with Crippen molar-refractivity contribution in [1.29, 1.82) is 0 Å². The number of hydrogen-bond donors (Lipinski definition) is 1. The van der Waals surface area contributed by atoms with Gasteiger partial charge in [-0.05, 0) is 34.1 Å². The van der Waals surface area contributed by atoms with Crippen molar-refractivity contribution in [3.05, 3.63) is 11.6 Å². The number of ether oxygens (including phenoxy) is 2. The third-order valence-electron chi connectivity index (χ3n) is 4.77. The van der Waals surface area contributed by atoms with Crippen molar-refractivity contribution in [2.45, 2.75) is 79.6 Å². The third kappa shape index (κ3) is 6.90. The van der Waals surface area contributed by atoms with Gasteiger partial charge in [0.25, 0.3) is 0 Å². The van der Waals surface area contributed by atoms with Gasteiger partial charge >= 0.3 is 5.97 Å². The maximum Gasteiger partial charge on any atom is 0.308 e. The molecule has 0 aromatic rings. The van der Waals surface area contributed by atoms with E-state index in [1.165, 1.54) is 5.57 Å². The Morgan fingerprint density at radius 3 is 2.24 bits per heavy atom. The first-order valence-corrected chi connectivity index (χ1v) is 9.11. The molecule has 0 aliphatic carbocycles. The normalized spacial score (nSPS) is 19.3. The van der Waals surface area contributed by atoms with E-state index in [0.717, 1.165) is 5.71 Å². The van der Waals surface area contributed by atoms with Gasteiger partial charge in [0.1, 0.15) is 11.7 Å². The van der Waals surface area contributed by atoms with Gasteiger partial charge in [-0.15, -0.1) is 0 Å². The number of aliphatic imine (C=N–C) groups is 1. The maximum atomic E-state index is 12.0. The van der Waals surface area contributed by atoms with Crippen LogP contribution in [0.15, 0.2) is 16.6 Å². The Morgan fingerprint density at radius 2 is 1.84 bits per heavy atom. The van der Waals surface area contributed by atoms with Gasteiger partial charge in [0.2, 0.25) is 0 Å². The molecule has 0 fully saturated rings. The summed E-state index contributed by atoms with van der Waals surface area (Å²) in [6.45, 7) is 15.7. The molecular formula is C20H37NO4. The lowest BCUT2D eigenvalue weighted by atomic mass is 9.81. The molecule has 4 atom stereocenters. The van der Waals surface area contributed by atoms with E-state index in [0.29, 0.717) is 13.0 Å². The predicted octanol–water partition coefficient (Wildman–Crippen LogP) is 3.79. The standard InChI is InChI=1S/C20H37NO4/c1-10-14(5)12-21-16(7)15(6)18(24-9)20(8,23)17(11-2)25-19(22)13(3)4/h10,13,15,17-18,23H,11-12H2,1-9H3. The molecule has 4 unspecified atom stereocenters. The van der Waals surface area contributed by atoms with Crippen molar-refractivity contribution in [2.75, 3.05) is 13.7 Å².